The second-order valence-corrected chi connectivity index (χ2v) is 7.18. The van der Waals surface area contributed by atoms with Crippen LogP contribution in [0.1, 0.15) is 17.5 Å². The van der Waals surface area contributed by atoms with Crippen molar-refractivity contribution in [1.82, 2.24) is 19.8 Å². The highest BCUT2D eigenvalue weighted by molar-refractivity contribution is 5.78. The maximum absolute atomic E-state index is 13.3. The van der Waals surface area contributed by atoms with E-state index in [1.807, 2.05) is 30.3 Å². The molecule has 0 atom stereocenters. The van der Waals surface area contributed by atoms with E-state index in [-0.39, 0.29) is 11.1 Å². The van der Waals surface area contributed by atoms with Gasteiger partial charge in [-0.25, -0.2) is 9.66 Å². The number of hydrogen-bond donors (Lipinski definition) is 1. The van der Waals surface area contributed by atoms with Crippen LogP contribution < -0.4 is 15.9 Å². The number of aromatic nitrogens is 5. The first kappa shape index (κ1) is 18.7. The monoisotopic (exact) mass is 414 g/mol. The molecule has 4 heterocycles. The molecule has 1 aromatic carbocycles. The molecular weight excluding hydrogens is 396 g/mol. The molecule has 0 aliphatic heterocycles. The van der Waals surface area contributed by atoms with Crippen LogP contribution in [0.25, 0.3) is 22.1 Å². The summed E-state index contributed by atoms with van der Waals surface area (Å²) in [6.45, 7) is 0. The molecule has 0 aliphatic carbocycles. The Kier molecular flexibility index (Phi) is 4.75. The highest BCUT2D eigenvalue weighted by Gasteiger charge is 2.13. The summed E-state index contributed by atoms with van der Waals surface area (Å²) in [6.07, 6.45) is 7.48. The quantitative estimate of drug-likeness (QED) is 0.425. The Morgan fingerprint density at radius 2 is 1.94 bits per heavy atom. The van der Waals surface area contributed by atoms with Crippen LogP contribution in [-0.4, -0.2) is 19.8 Å². The predicted molar refractivity (Wildman–Crippen MR) is 114 cm³/mol. The third kappa shape index (κ3) is 3.68. The van der Waals surface area contributed by atoms with E-state index in [0.29, 0.717) is 33.7 Å². The Balaban J connectivity index is 1.49. The van der Waals surface area contributed by atoms with Crippen molar-refractivity contribution in [2.24, 2.45) is 0 Å². The van der Waals surface area contributed by atoms with Crippen LogP contribution in [0.5, 0.6) is 0 Å². The molecule has 0 amide bonds. The molecule has 5 aromatic rings. The van der Waals surface area contributed by atoms with Gasteiger partial charge >= 0.3 is 0 Å². The minimum atomic E-state index is -0.179. The van der Waals surface area contributed by atoms with Gasteiger partial charge in [-0.3, -0.25) is 19.8 Å². The summed E-state index contributed by atoms with van der Waals surface area (Å²) < 4.78 is 6.03. The average Bonchev–Trinajstić information content (AvgIpc) is 3.17. The van der Waals surface area contributed by atoms with Gasteiger partial charge in [-0.2, -0.15) is 0 Å². The van der Waals surface area contributed by atoms with E-state index in [4.69, 9.17) is 0 Å². The molecule has 5 rings (SSSR count). The van der Waals surface area contributed by atoms with Crippen molar-refractivity contribution in [3.05, 3.63) is 93.8 Å². The fourth-order valence-corrected chi connectivity index (χ4v) is 3.58. The molecule has 1 N–H and O–H groups in total. The SMILES string of the molecule is O=c1c(CCCc2ccncc2)cc2cccnc2n1Nc1ccc2no[n+]([O-])c2c1. The van der Waals surface area contributed by atoms with Gasteiger partial charge in [-0.1, -0.05) is 0 Å². The van der Waals surface area contributed by atoms with Crippen molar-refractivity contribution < 1.29 is 9.53 Å². The van der Waals surface area contributed by atoms with Crippen molar-refractivity contribution in [3.8, 4) is 0 Å². The van der Waals surface area contributed by atoms with Crippen LogP contribution in [0.3, 0.4) is 0 Å². The van der Waals surface area contributed by atoms with Gasteiger partial charge in [0.2, 0.25) is 11.0 Å². The maximum Gasteiger partial charge on any atom is 0.274 e. The van der Waals surface area contributed by atoms with E-state index in [1.165, 1.54) is 10.2 Å². The molecule has 9 nitrogen and oxygen atoms in total. The smallest absolute Gasteiger partial charge is 0.274 e. The lowest BCUT2D eigenvalue weighted by Gasteiger charge is -2.14. The molecule has 0 spiro atoms. The van der Waals surface area contributed by atoms with Crippen LogP contribution in [0.15, 0.2) is 76.5 Å². The Bertz CT molecular complexity index is 1430. The molecule has 0 saturated heterocycles. The number of rotatable bonds is 6. The Morgan fingerprint density at radius 1 is 1.06 bits per heavy atom. The molecule has 0 radical (unpaired) electrons. The van der Waals surface area contributed by atoms with Crippen LogP contribution in [0.2, 0.25) is 0 Å². The largest absolute Gasteiger partial charge is 0.359 e. The molecule has 0 unspecified atom stereocenters. The Labute approximate surface area is 176 Å². The van der Waals surface area contributed by atoms with E-state index in [1.54, 1.807) is 36.8 Å². The third-order valence-electron chi connectivity index (χ3n) is 5.12. The standard InChI is InChI=1S/C22H18N6O3/c29-22-17(4-1-3-15-8-11-23-12-9-15)13-16-5-2-10-24-21(16)27(22)25-18-6-7-19-20(14-18)28(30)31-26-19/h2,5-14,25H,1,3-4H2. The molecule has 31 heavy (non-hydrogen) atoms. The average molecular weight is 414 g/mol. The first-order valence-corrected chi connectivity index (χ1v) is 9.84. The van der Waals surface area contributed by atoms with Crippen molar-refractivity contribution in [1.29, 1.82) is 0 Å². The van der Waals surface area contributed by atoms with Crippen molar-refractivity contribution in [2.45, 2.75) is 19.3 Å². The minimum Gasteiger partial charge on any atom is -0.359 e. The zero-order valence-electron chi connectivity index (χ0n) is 16.4. The summed E-state index contributed by atoms with van der Waals surface area (Å²) in [5.74, 6) is 0. The molecule has 9 heteroatoms. The summed E-state index contributed by atoms with van der Waals surface area (Å²) in [6, 6.07) is 14.6. The zero-order chi connectivity index (χ0) is 21.2. The molecule has 0 aliphatic rings. The molecule has 4 aromatic heterocycles. The lowest BCUT2D eigenvalue weighted by Crippen LogP contribution is -2.30. The third-order valence-corrected chi connectivity index (χ3v) is 5.12. The molecule has 0 fully saturated rings. The van der Waals surface area contributed by atoms with Crippen LogP contribution in [-0.2, 0) is 12.8 Å². The van der Waals surface area contributed by atoms with Gasteiger partial charge in [0, 0.05) is 40.8 Å². The molecular formula is C22H18N6O3. The van der Waals surface area contributed by atoms with Gasteiger partial charge in [-0.05, 0) is 72.2 Å². The number of nitrogens with one attached hydrogen (secondary N) is 1. The fraction of sp³-hybridized carbons (Fsp3) is 0.136. The van der Waals surface area contributed by atoms with Crippen molar-refractivity contribution in [2.75, 3.05) is 5.43 Å². The van der Waals surface area contributed by atoms with Gasteiger partial charge in [-0.15, -0.1) is 0 Å². The number of fused-ring (bicyclic) bond motifs is 2. The summed E-state index contributed by atoms with van der Waals surface area (Å²) in [4.78, 5) is 22.0. The Hall–Kier alpha value is -4.27. The van der Waals surface area contributed by atoms with E-state index in [0.717, 1.165) is 18.2 Å². The number of benzene rings is 1. The normalized spacial score (nSPS) is 11.2. The topological polar surface area (TPSA) is 113 Å². The highest BCUT2D eigenvalue weighted by Crippen LogP contribution is 2.17. The molecule has 0 saturated carbocycles. The first-order chi connectivity index (χ1) is 15.2. The van der Waals surface area contributed by atoms with Gasteiger partial charge in [0.05, 0.1) is 5.69 Å². The molecule has 0 bridgehead atoms. The minimum absolute atomic E-state index is 0.179. The van der Waals surface area contributed by atoms with Gasteiger partial charge in [0.15, 0.2) is 5.65 Å². The number of nitrogens with zero attached hydrogens (tertiary/aromatic N) is 5. The number of anilines is 1. The van der Waals surface area contributed by atoms with Crippen molar-refractivity contribution >= 4 is 27.8 Å². The van der Waals surface area contributed by atoms with Crippen LogP contribution in [0, 0.1) is 5.21 Å². The number of aryl methyl sites for hydroxylation is 2. The number of hydrogen-bond acceptors (Lipinski definition) is 7. The van der Waals surface area contributed by atoms with Crippen LogP contribution in [0.4, 0.5) is 5.69 Å². The van der Waals surface area contributed by atoms with Gasteiger partial charge in [0.25, 0.3) is 5.56 Å². The second-order valence-electron chi connectivity index (χ2n) is 7.18. The number of pyridine rings is 3. The lowest BCUT2D eigenvalue weighted by molar-refractivity contribution is -0.782. The van der Waals surface area contributed by atoms with Gasteiger partial charge in [0.1, 0.15) is 0 Å². The lowest BCUT2D eigenvalue weighted by atomic mass is 10.0. The van der Waals surface area contributed by atoms with E-state index >= 15 is 0 Å². The van der Waals surface area contributed by atoms with E-state index in [9.17, 15) is 10.0 Å². The Morgan fingerprint density at radius 3 is 2.81 bits per heavy atom. The second kappa shape index (κ2) is 7.86. The fourth-order valence-electron chi connectivity index (χ4n) is 3.58. The zero-order valence-corrected chi connectivity index (χ0v) is 16.4. The first-order valence-electron chi connectivity index (χ1n) is 9.84. The summed E-state index contributed by atoms with van der Waals surface area (Å²) in [5.41, 5.74) is 6.53. The highest BCUT2D eigenvalue weighted by atomic mass is 16.8. The predicted octanol–water partition coefficient (Wildman–Crippen LogP) is 2.62. The summed E-state index contributed by atoms with van der Waals surface area (Å²) in [5, 5.41) is 16.2. The summed E-state index contributed by atoms with van der Waals surface area (Å²) >= 11 is 0. The molecule has 154 valence electrons. The van der Waals surface area contributed by atoms with Gasteiger partial charge < -0.3 is 5.21 Å². The van der Waals surface area contributed by atoms with E-state index in [2.05, 4.69) is 25.2 Å². The summed E-state index contributed by atoms with van der Waals surface area (Å²) in [7, 11) is 0. The maximum atomic E-state index is 13.3. The van der Waals surface area contributed by atoms with Crippen molar-refractivity contribution in [3.63, 3.8) is 0 Å². The van der Waals surface area contributed by atoms with E-state index < -0.39 is 0 Å². The van der Waals surface area contributed by atoms with Crippen LogP contribution >= 0.6 is 0 Å².